The normalized spacial score (nSPS) is 12.6. The van der Waals surface area contributed by atoms with Crippen molar-refractivity contribution < 1.29 is 14.0 Å². The van der Waals surface area contributed by atoms with Crippen molar-refractivity contribution in [3.8, 4) is 6.07 Å². The van der Waals surface area contributed by atoms with Crippen LogP contribution in [0.4, 0.5) is 4.39 Å². The Labute approximate surface area is 157 Å². The van der Waals surface area contributed by atoms with Crippen molar-refractivity contribution in [2.45, 2.75) is 52.6 Å². The zero-order chi connectivity index (χ0) is 20.2. The highest BCUT2D eigenvalue weighted by molar-refractivity contribution is 6.06. The van der Waals surface area contributed by atoms with Crippen LogP contribution in [0.3, 0.4) is 0 Å². The number of primary amides is 1. The van der Waals surface area contributed by atoms with Crippen LogP contribution in [0.15, 0.2) is 18.2 Å². The number of unbranched alkanes of at least 4 members (excludes halogenated alkanes) is 2. The second-order valence-corrected chi connectivity index (χ2v) is 7.50. The Balaban J connectivity index is 2.37. The summed E-state index contributed by atoms with van der Waals surface area (Å²) in [5.74, 6) is -1.72. The number of fused-ring (bicyclic) bond motifs is 1. The highest BCUT2D eigenvalue weighted by Crippen LogP contribution is 2.24. The standard InChI is InChI=1S/C19H24FN5O2/c1-19(2,3)16(17(22)26)23-18(27)14-12-8-7-9-13(20)15(12)25(24-14)11-6-4-5-10-21/h7-9,16H,4-6,11H2,1-3H3,(H2,22,26)(H,23,27). The van der Waals surface area contributed by atoms with Gasteiger partial charge in [0.25, 0.3) is 5.91 Å². The molecular formula is C19H24FN5O2. The molecule has 1 atom stereocenters. The summed E-state index contributed by atoms with van der Waals surface area (Å²) < 4.78 is 15.8. The van der Waals surface area contributed by atoms with Gasteiger partial charge in [0, 0.05) is 18.4 Å². The number of carbonyl (C=O) groups is 2. The smallest absolute Gasteiger partial charge is 0.273 e. The number of halogens is 1. The second kappa shape index (κ2) is 8.16. The largest absolute Gasteiger partial charge is 0.368 e. The summed E-state index contributed by atoms with van der Waals surface area (Å²) >= 11 is 0. The van der Waals surface area contributed by atoms with Gasteiger partial charge in [-0.05, 0) is 24.3 Å². The van der Waals surface area contributed by atoms with Gasteiger partial charge in [-0.1, -0.05) is 32.9 Å². The highest BCUT2D eigenvalue weighted by Gasteiger charge is 2.32. The van der Waals surface area contributed by atoms with Crippen molar-refractivity contribution in [3.63, 3.8) is 0 Å². The van der Waals surface area contributed by atoms with E-state index < -0.39 is 29.1 Å². The minimum atomic E-state index is -0.894. The lowest BCUT2D eigenvalue weighted by atomic mass is 9.86. The predicted octanol–water partition coefficient (Wildman–Crippen LogP) is 2.50. The maximum atomic E-state index is 14.4. The monoisotopic (exact) mass is 373 g/mol. The van der Waals surface area contributed by atoms with Crippen molar-refractivity contribution in [3.05, 3.63) is 29.7 Å². The Morgan fingerprint density at radius 3 is 2.67 bits per heavy atom. The van der Waals surface area contributed by atoms with Crippen molar-refractivity contribution in [1.82, 2.24) is 15.1 Å². The minimum Gasteiger partial charge on any atom is -0.368 e. The molecule has 27 heavy (non-hydrogen) atoms. The third kappa shape index (κ3) is 4.61. The molecule has 0 saturated carbocycles. The fraction of sp³-hybridized carbons (Fsp3) is 0.474. The molecule has 1 aromatic heterocycles. The van der Waals surface area contributed by atoms with Gasteiger partial charge in [-0.2, -0.15) is 10.4 Å². The zero-order valence-corrected chi connectivity index (χ0v) is 15.8. The van der Waals surface area contributed by atoms with Crippen molar-refractivity contribution in [1.29, 1.82) is 5.26 Å². The molecule has 1 heterocycles. The summed E-state index contributed by atoms with van der Waals surface area (Å²) in [6.07, 6.45) is 1.69. The lowest BCUT2D eigenvalue weighted by Crippen LogP contribution is -2.52. The number of nitriles is 1. The van der Waals surface area contributed by atoms with Gasteiger partial charge in [-0.3, -0.25) is 14.3 Å². The van der Waals surface area contributed by atoms with Crippen molar-refractivity contribution in [2.75, 3.05) is 0 Å². The molecule has 144 valence electrons. The third-order valence-electron chi connectivity index (χ3n) is 4.27. The molecule has 0 radical (unpaired) electrons. The van der Waals surface area contributed by atoms with E-state index in [1.807, 2.05) is 0 Å². The summed E-state index contributed by atoms with van der Waals surface area (Å²) in [7, 11) is 0. The Bertz CT molecular complexity index is 892. The van der Waals surface area contributed by atoms with Crippen LogP contribution in [-0.4, -0.2) is 27.6 Å². The number of aromatic nitrogens is 2. The summed E-state index contributed by atoms with van der Waals surface area (Å²) in [6.45, 7) is 5.74. The van der Waals surface area contributed by atoms with E-state index in [1.165, 1.54) is 16.8 Å². The van der Waals surface area contributed by atoms with E-state index in [1.54, 1.807) is 26.8 Å². The van der Waals surface area contributed by atoms with Crippen molar-refractivity contribution >= 4 is 22.7 Å². The lowest BCUT2D eigenvalue weighted by Gasteiger charge is -2.28. The molecule has 2 amide bonds. The van der Waals surface area contributed by atoms with Gasteiger partial charge in [-0.15, -0.1) is 0 Å². The van der Waals surface area contributed by atoms with Crippen LogP contribution >= 0.6 is 0 Å². The summed E-state index contributed by atoms with van der Waals surface area (Å²) in [6, 6.07) is 5.59. The molecule has 1 aromatic carbocycles. The van der Waals surface area contributed by atoms with Crippen LogP contribution in [0.1, 0.15) is 50.5 Å². The van der Waals surface area contributed by atoms with Crippen LogP contribution in [0.2, 0.25) is 0 Å². The fourth-order valence-electron chi connectivity index (χ4n) is 2.90. The number of rotatable bonds is 7. The molecule has 3 N–H and O–H groups in total. The number of nitrogens with zero attached hydrogens (tertiary/aromatic N) is 3. The summed E-state index contributed by atoms with van der Waals surface area (Å²) in [5.41, 5.74) is 5.11. The molecule has 0 aliphatic carbocycles. The maximum Gasteiger partial charge on any atom is 0.273 e. The van der Waals surface area contributed by atoms with Gasteiger partial charge in [0.15, 0.2) is 5.69 Å². The maximum absolute atomic E-state index is 14.4. The number of nitrogens with two attached hydrogens (primary N) is 1. The van der Waals surface area contributed by atoms with E-state index in [0.717, 1.165) is 0 Å². The molecule has 0 fully saturated rings. The molecule has 1 unspecified atom stereocenters. The predicted molar refractivity (Wildman–Crippen MR) is 99.1 cm³/mol. The Hall–Kier alpha value is -2.95. The Morgan fingerprint density at radius 1 is 1.37 bits per heavy atom. The molecule has 0 bridgehead atoms. The molecule has 0 saturated heterocycles. The first-order valence-corrected chi connectivity index (χ1v) is 8.79. The number of benzene rings is 1. The molecule has 0 spiro atoms. The van der Waals surface area contributed by atoms with Crippen molar-refractivity contribution in [2.24, 2.45) is 11.1 Å². The number of aryl methyl sites for hydroxylation is 1. The number of amides is 2. The van der Waals surface area contributed by atoms with E-state index in [2.05, 4.69) is 16.5 Å². The first-order chi connectivity index (χ1) is 12.7. The minimum absolute atomic E-state index is 0.0419. The Morgan fingerprint density at radius 2 is 2.07 bits per heavy atom. The molecule has 8 heteroatoms. The number of nitrogens with one attached hydrogen (secondary N) is 1. The van der Waals surface area contributed by atoms with Gasteiger partial charge in [0.2, 0.25) is 5.91 Å². The van der Waals surface area contributed by atoms with Gasteiger partial charge in [0.1, 0.15) is 17.4 Å². The average molecular weight is 373 g/mol. The zero-order valence-electron chi connectivity index (χ0n) is 15.8. The van der Waals surface area contributed by atoms with E-state index in [4.69, 9.17) is 11.0 Å². The van der Waals surface area contributed by atoms with Crippen LogP contribution in [0.25, 0.3) is 10.9 Å². The van der Waals surface area contributed by atoms with Gasteiger partial charge >= 0.3 is 0 Å². The van der Waals surface area contributed by atoms with E-state index >= 15 is 0 Å². The quantitative estimate of drug-likeness (QED) is 0.726. The average Bonchev–Trinajstić information content (AvgIpc) is 2.95. The van der Waals surface area contributed by atoms with E-state index in [9.17, 15) is 14.0 Å². The molecule has 2 aromatic rings. The van der Waals surface area contributed by atoms with Gasteiger partial charge in [-0.25, -0.2) is 4.39 Å². The molecule has 7 nitrogen and oxygen atoms in total. The highest BCUT2D eigenvalue weighted by atomic mass is 19.1. The first-order valence-electron chi connectivity index (χ1n) is 8.79. The molecular weight excluding hydrogens is 349 g/mol. The number of carbonyl (C=O) groups excluding carboxylic acids is 2. The van der Waals surface area contributed by atoms with Gasteiger partial charge in [0.05, 0.1) is 6.07 Å². The fourth-order valence-corrected chi connectivity index (χ4v) is 2.90. The molecule has 0 aliphatic heterocycles. The summed E-state index contributed by atoms with van der Waals surface area (Å²) in [4.78, 5) is 24.5. The van der Waals surface area contributed by atoms with Crippen LogP contribution in [0.5, 0.6) is 0 Å². The number of hydrogen-bond acceptors (Lipinski definition) is 4. The summed E-state index contributed by atoms with van der Waals surface area (Å²) in [5, 5.41) is 15.9. The van der Waals surface area contributed by atoms with Gasteiger partial charge < -0.3 is 11.1 Å². The van der Waals surface area contributed by atoms with E-state index in [0.29, 0.717) is 31.2 Å². The third-order valence-corrected chi connectivity index (χ3v) is 4.27. The van der Waals surface area contributed by atoms with Crippen LogP contribution < -0.4 is 11.1 Å². The lowest BCUT2D eigenvalue weighted by molar-refractivity contribution is -0.122. The topological polar surface area (TPSA) is 114 Å². The SMILES string of the molecule is CC(C)(C)C(NC(=O)c1nn(CCCCC#N)c2c(F)cccc12)C(N)=O. The van der Waals surface area contributed by atoms with Crippen LogP contribution in [-0.2, 0) is 11.3 Å². The van der Waals surface area contributed by atoms with E-state index in [-0.39, 0.29) is 11.2 Å². The second-order valence-electron chi connectivity index (χ2n) is 7.50. The van der Waals surface area contributed by atoms with Crippen LogP contribution in [0, 0.1) is 22.6 Å². The Kier molecular flexibility index (Phi) is 6.16. The first kappa shape index (κ1) is 20.4. The number of para-hydroxylation sites is 1. The number of hydrogen-bond donors (Lipinski definition) is 2. The molecule has 2 rings (SSSR count). The molecule has 0 aliphatic rings.